The number of rotatable bonds is 4. The zero-order chi connectivity index (χ0) is 14.7. The van der Waals surface area contributed by atoms with Crippen LogP contribution in [0.3, 0.4) is 0 Å². The molecule has 5 nitrogen and oxygen atoms in total. The number of aryl methyl sites for hydroxylation is 1. The molecule has 2 aromatic rings. The number of amides is 1. The molecular formula is C13H14N2O3S2. The fraction of sp³-hybridized carbons (Fsp3) is 0.308. The molecule has 106 valence electrons. The Hall–Kier alpha value is -1.73. The number of hydrogen-bond acceptors (Lipinski definition) is 6. The fourth-order valence-corrected chi connectivity index (χ4v) is 3.17. The fourth-order valence-electron chi connectivity index (χ4n) is 1.65. The molecule has 0 N–H and O–H groups in total. The predicted molar refractivity (Wildman–Crippen MR) is 78.3 cm³/mol. The smallest absolute Gasteiger partial charge is 0.348 e. The second kappa shape index (κ2) is 6.15. The summed E-state index contributed by atoms with van der Waals surface area (Å²) in [5.74, 6) is -0.553. The first-order valence-corrected chi connectivity index (χ1v) is 7.55. The van der Waals surface area contributed by atoms with E-state index in [1.807, 2.05) is 12.3 Å². The molecule has 20 heavy (non-hydrogen) atoms. The zero-order valence-corrected chi connectivity index (χ0v) is 13.0. The molecule has 0 bridgehead atoms. The van der Waals surface area contributed by atoms with Gasteiger partial charge in [0.1, 0.15) is 4.88 Å². The number of thiophene rings is 1. The minimum absolute atomic E-state index is 0.129. The molecule has 0 spiro atoms. The first-order valence-electron chi connectivity index (χ1n) is 5.86. The highest BCUT2D eigenvalue weighted by molar-refractivity contribution is 7.15. The minimum atomic E-state index is -0.424. The summed E-state index contributed by atoms with van der Waals surface area (Å²) in [5.41, 5.74) is 0.869. The number of ether oxygens (including phenoxy) is 1. The maximum absolute atomic E-state index is 12.2. The van der Waals surface area contributed by atoms with E-state index in [9.17, 15) is 9.59 Å². The van der Waals surface area contributed by atoms with Crippen molar-refractivity contribution >= 4 is 34.6 Å². The second-order valence-electron chi connectivity index (χ2n) is 4.17. The standard InChI is InChI=1S/C13H14N2O3S2/c1-8-14-9(7-19-8)6-15(2)12(16)10-4-5-11(20-10)13(17)18-3/h4-5,7H,6H2,1-3H3. The van der Waals surface area contributed by atoms with Crippen molar-refractivity contribution < 1.29 is 14.3 Å². The van der Waals surface area contributed by atoms with Gasteiger partial charge in [-0.1, -0.05) is 0 Å². The van der Waals surface area contributed by atoms with Gasteiger partial charge in [-0.2, -0.15) is 0 Å². The second-order valence-corrected chi connectivity index (χ2v) is 6.32. The Labute approximate surface area is 124 Å². The van der Waals surface area contributed by atoms with Crippen molar-refractivity contribution in [1.82, 2.24) is 9.88 Å². The van der Waals surface area contributed by atoms with Crippen LogP contribution in [0.15, 0.2) is 17.5 Å². The van der Waals surface area contributed by atoms with Crippen LogP contribution in [0.25, 0.3) is 0 Å². The molecule has 0 saturated heterocycles. The highest BCUT2D eigenvalue weighted by Crippen LogP contribution is 2.20. The van der Waals surface area contributed by atoms with Crippen LogP contribution >= 0.6 is 22.7 Å². The molecule has 0 aliphatic heterocycles. The van der Waals surface area contributed by atoms with Crippen LogP contribution in [-0.2, 0) is 11.3 Å². The normalized spacial score (nSPS) is 10.3. The Balaban J connectivity index is 2.06. The highest BCUT2D eigenvalue weighted by atomic mass is 32.1. The van der Waals surface area contributed by atoms with Crippen molar-refractivity contribution in [2.75, 3.05) is 14.2 Å². The summed E-state index contributed by atoms with van der Waals surface area (Å²) in [6.45, 7) is 2.38. The van der Waals surface area contributed by atoms with E-state index in [4.69, 9.17) is 0 Å². The molecule has 0 saturated carbocycles. The predicted octanol–water partition coefficient (Wildman–Crippen LogP) is 2.57. The van der Waals surface area contributed by atoms with Crippen LogP contribution in [0.4, 0.5) is 0 Å². The summed E-state index contributed by atoms with van der Waals surface area (Å²) >= 11 is 2.69. The van der Waals surface area contributed by atoms with Crippen LogP contribution in [0, 0.1) is 6.92 Å². The van der Waals surface area contributed by atoms with Crippen LogP contribution in [0.2, 0.25) is 0 Å². The van der Waals surface area contributed by atoms with Gasteiger partial charge in [-0.3, -0.25) is 4.79 Å². The van der Waals surface area contributed by atoms with Gasteiger partial charge < -0.3 is 9.64 Å². The highest BCUT2D eigenvalue weighted by Gasteiger charge is 2.18. The first kappa shape index (κ1) is 14.7. The molecule has 1 amide bonds. The van der Waals surface area contributed by atoms with E-state index in [0.29, 0.717) is 16.3 Å². The Bertz CT molecular complexity index is 633. The van der Waals surface area contributed by atoms with E-state index >= 15 is 0 Å². The van der Waals surface area contributed by atoms with Crippen molar-refractivity contribution in [3.05, 3.63) is 38.0 Å². The number of hydrogen-bond donors (Lipinski definition) is 0. The van der Waals surface area contributed by atoms with Crippen LogP contribution in [0.5, 0.6) is 0 Å². The largest absolute Gasteiger partial charge is 0.465 e. The number of esters is 1. The Kier molecular flexibility index (Phi) is 4.51. The lowest BCUT2D eigenvalue weighted by Gasteiger charge is -2.14. The number of thiazole rings is 1. The maximum Gasteiger partial charge on any atom is 0.348 e. The number of methoxy groups -OCH3 is 1. The lowest BCUT2D eigenvalue weighted by molar-refractivity contribution is 0.0606. The molecule has 0 atom stereocenters. The SMILES string of the molecule is COC(=O)c1ccc(C(=O)N(C)Cc2csc(C)n2)s1. The molecule has 2 aromatic heterocycles. The van der Waals surface area contributed by atoms with Gasteiger partial charge in [-0.25, -0.2) is 9.78 Å². The number of carbonyl (C=O) groups excluding carboxylic acids is 2. The summed E-state index contributed by atoms with van der Waals surface area (Å²) in [4.78, 5) is 30.5. The molecule has 0 aliphatic rings. The maximum atomic E-state index is 12.2. The molecule has 0 aromatic carbocycles. The van der Waals surface area contributed by atoms with Crippen molar-refractivity contribution in [2.45, 2.75) is 13.5 Å². The molecule has 2 rings (SSSR count). The summed E-state index contributed by atoms with van der Waals surface area (Å²) in [6, 6.07) is 3.24. The number of aromatic nitrogens is 1. The van der Waals surface area contributed by atoms with E-state index in [0.717, 1.165) is 22.0 Å². The molecule has 0 fully saturated rings. The first-order chi connectivity index (χ1) is 9.51. The van der Waals surface area contributed by atoms with Crippen molar-refractivity contribution in [3.63, 3.8) is 0 Å². The summed E-state index contributed by atoms with van der Waals surface area (Å²) in [5, 5.41) is 2.91. The summed E-state index contributed by atoms with van der Waals surface area (Å²) in [6.07, 6.45) is 0. The van der Waals surface area contributed by atoms with Gasteiger partial charge in [0.15, 0.2) is 0 Å². The summed E-state index contributed by atoms with van der Waals surface area (Å²) < 4.78 is 4.63. The summed E-state index contributed by atoms with van der Waals surface area (Å²) in [7, 11) is 3.04. The zero-order valence-electron chi connectivity index (χ0n) is 11.4. The van der Waals surface area contributed by atoms with E-state index in [-0.39, 0.29) is 5.91 Å². The van der Waals surface area contributed by atoms with Crippen molar-refractivity contribution in [3.8, 4) is 0 Å². The minimum Gasteiger partial charge on any atom is -0.465 e. The average Bonchev–Trinajstić information content (AvgIpc) is 3.06. The topological polar surface area (TPSA) is 59.5 Å². The van der Waals surface area contributed by atoms with Gasteiger partial charge in [0.25, 0.3) is 5.91 Å². The van der Waals surface area contributed by atoms with Gasteiger partial charge in [0.2, 0.25) is 0 Å². The molecule has 0 unspecified atom stereocenters. The van der Waals surface area contributed by atoms with E-state index in [1.165, 1.54) is 7.11 Å². The number of carbonyl (C=O) groups is 2. The third-order valence-electron chi connectivity index (χ3n) is 2.62. The molecule has 0 radical (unpaired) electrons. The van der Waals surface area contributed by atoms with Gasteiger partial charge in [-0.15, -0.1) is 22.7 Å². The molecule has 0 aliphatic carbocycles. The van der Waals surface area contributed by atoms with Crippen LogP contribution < -0.4 is 0 Å². The molecule has 2 heterocycles. The van der Waals surface area contributed by atoms with Gasteiger partial charge in [0, 0.05) is 12.4 Å². The van der Waals surface area contributed by atoms with Crippen LogP contribution in [0.1, 0.15) is 30.0 Å². The van der Waals surface area contributed by atoms with Crippen molar-refractivity contribution in [1.29, 1.82) is 0 Å². The van der Waals surface area contributed by atoms with Gasteiger partial charge in [0.05, 0.1) is 29.2 Å². The lowest BCUT2D eigenvalue weighted by atomic mass is 10.3. The quantitative estimate of drug-likeness (QED) is 0.814. The van der Waals surface area contributed by atoms with Gasteiger partial charge >= 0.3 is 5.97 Å². The Morgan fingerprint density at radius 3 is 2.65 bits per heavy atom. The Morgan fingerprint density at radius 2 is 2.05 bits per heavy atom. The van der Waals surface area contributed by atoms with E-state index in [1.54, 1.807) is 35.4 Å². The molecule has 7 heteroatoms. The monoisotopic (exact) mass is 310 g/mol. The average molecular weight is 310 g/mol. The number of nitrogens with zero attached hydrogens (tertiary/aromatic N) is 2. The third kappa shape index (κ3) is 3.23. The van der Waals surface area contributed by atoms with E-state index < -0.39 is 5.97 Å². The lowest BCUT2D eigenvalue weighted by Crippen LogP contribution is -2.25. The van der Waals surface area contributed by atoms with Crippen molar-refractivity contribution in [2.24, 2.45) is 0 Å². The van der Waals surface area contributed by atoms with Crippen LogP contribution in [-0.4, -0.2) is 35.9 Å². The van der Waals surface area contributed by atoms with E-state index in [2.05, 4.69) is 9.72 Å². The third-order valence-corrected chi connectivity index (χ3v) is 4.49. The van der Waals surface area contributed by atoms with Gasteiger partial charge in [-0.05, 0) is 19.1 Å². The molecular weight excluding hydrogens is 296 g/mol. The Morgan fingerprint density at radius 1 is 1.35 bits per heavy atom.